The molecule has 1 aliphatic rings. The van der Waals surface area contributed by atoms with Gasteiger partial charge in [0.25, 0.3) is 5.91 Å². The molecule has 0 bridgehead atoms. The van der Waals surface area contributed by atoms with E-state index < -0.39 is 11.5 Å². The number of aromatic amines is 1. The molecule has 27 heavy (non-hydrogen) atoms. The van der Waals surface area contributed by atoms with Gasteiger partial charge in [0.05, 0.1) is 25.0 Å². The molecule has 1 amide bonds. The first-order chi connectivity index (χ1) is 12.9. The van der Waals surface area contributed by atoms with Gasteiger partial charge in [-0.25, -0.2) is 13.8 Å². The molecule has 0 spiro atoms. The molecule has 1 saturated heterocycles. The molecule has 1 fully saturated rings. The summed E-state index contributed by atoms with van der Waals surface area (Å²) < 4.78 is 34.0. The lowest BCUT2D eigenvalue weighted by Gasteiger charge is -2.37. The number of halogens is 2. The minimum absolute atomic E-state index is 0.112. The summed E-state index contributed by atoms with van der Waals surface area (Å²) in [6, 6.07) is 8.77. The minimum Gasteiger partial charge on any atom is -0.482 e. The quantitative estimate of drug-likeness (QED) is 0.654. The molecule has 3 rings (SSSR count). The number of amides is 1. The van der Waals surface area contributed by atoms with Gasteiger partial charge in [-0.1, -0.05) is 6.58 Å². The van der Waals surface area contributed by atoms with E-state index >= 15 is 4.39 Å². The van der Waals surface area contributed by atoms with Crippen molar-refractivity contribution in [3.63, 3.8) is 0 Å². The van der Waals surface area contributed by atoms with E-state index in [9.17, 15) is 9.18 Å². The lowest BCUT2D eigenvalue weighted by Crippen LogP contribution is -2.52. The van der Waals surface area contributed by atoms with E-state index in [2.05, 4.69) is 16.6 Å². The van der Waals surface area contributed by atoms with E-state index in [1.54, 1.807) is 18.3 Å². The Morgan fingerprint density at radius 2 is 2.07 bits per heavy atom. The van der Waals surface area contributed by atoms with Gasteiger partial charge in [-0.05, 0) is 49.2 Å². The molecule has 1 aromatic heterocycles. The number of likely N-dealkylation sites (tertiary alicyclic amines) is 1. The number of H-pyrrole nitrogens is 1. The van der Waals surface area contributed by atoms with Crippen molar-refractivity contribution < 1.29 is 18.3 Å². The Kier molecular flexibility index (Phi) is 5.39. The van der Waals surface area contributed by atoms with Crippen molar-refractivity contribution in [2.45, 2.75) is 18.5 Å². The Morgan fingerprint density at radius 3 is 2.70 bits per heavy atom. The summed E-state index contributed by atoms with van der Waals surface area (Å²) in [6.45, 7) is 4.07. The number of nitrogens with zero attached hydrogens (tertiary/aromatic N) is 2. The summed E-state index contributed by atoms with van der Waals surface area (Å²) in [7, 11) is 1.35. The Labute approximate surface area is 156 Å². The first-order valence-electron chi connectivity index (χ1n) is 8.62. The Morgan fingerprint density at radius 1 is 1.33 bits per heavy atom. The predicted octanol–water partition coefficient (Wildman–Crippen LogP) is 3.81. The number of rotatable bonds is 4. The van der Waals surface area contributed by atoms with Crippen LogP contribution in [0.5, 0.6) is 0 Å². The van der Waals surface area contributed by atoms with Gasteiger partial charge in [-0.3, -0.25) is 4.79 Å². The number of methoxy groups -OCH3 is 1. The third-order valence-corrected chi connectivity index (χ3v) is 4.54. The number of alkyl halides is 1. The SMILES string of the molecule is C=C(/N=C(\OC)C1(F)CCCN(C(=O)c2ccc(F)cc2)C1)c1ccc[nH]1. The molecule has 1 aromatic carbocycles. The molecule has 1 N–H and O–H groups in total. The average Bonchev–Trinajstić information content (AvgIpc) is 3.21. The van der Waals surface area contributed by atoms with Gasteiger partial charge in [0.1, 0.15) is 5.82 Å². The van der Waals surface area contributed by atoms with E-state index in [0.29, 0.717) is 29.9 Å². The number of carbonyl (C=O) groups is 1. The molecule has 5 nitrogen and oxygen atoms in total. The second-order valence-corrected chi connectivity index (χ2v) is 6.45. The standard InChI is InChI=1S/C20H21F2N3O2/c1-14(17-5-3-11-23-17)24-19(27-2)20(22)10-4-12-25(13-20)18(26)15-6-8-16(21)9-7-15/h3,5-9,11,23H,1,4,10,12-13H2,2H3/b24-19-. The Balaban J connectivity index is 1.80. The zero-order chi connectivity index (χ0) is 19.4. The van der Waals surface area contributed by atoms with Crippen LogP contribution in [0.25, 0.3) is 5.70 Å². The third-order valence-electron chi connectivity index (χ3n) is 4.54. The Bertz CT molecular complexity index is 847. The summed E-state index contributed by atoms with van der Waals surface area (Å²) in [5.41, 5.74) is -0.607. The fraction of sp³-hybridized carbons (Fsp3) is 0.300. The normalized spacial score (nSPS) is 20.4. The van der Waals surface area contributed by atoms with E-state index in [0.717, 1.165) is 0 Å². The van der Waals surface area contributed by atoms with Gasteiger partial charge in [0.2, 0.25) is 11.6 Å². The average molecular weight is 373 g/mol. The zero-order valence-electron chi connectivity index (χ0n) is 15.0. The summed E-state index contributed by atoms with van der Waals surface area (Å²) in [6.07, 6.45) is 2.36. The molecule has 1 unspecified atom stereocenters. The molecule has 1 aliphatic heterocycles. The summed E-state index contributed by atoms with van der Waals surface area (Å²) in [5, 5.41) is 0. The highest BCUT2D eigenvalue weighted by atomic mass is 19.1. The van der Waals surface area contributed by atoms with Gasteiger partial charge in [-0.15, -0.1) is 0 Å². The fourth-order valence-corrected chi connectivity index (χ4v) is 3.16. The van der Waals surface area contributed by atoms with Gasteiger partial charge in [-0.2, -0.15) is 0 Å². The summed E-state index contributed by atoms with van der Waals surface area (Å²) in [5.74, 6) is -0.893. The highest BCUT2D eigenvalue weighted by molar-refractivity contribution is 5.96. The van der Waals surface area contributed by atoms with Crippen molar-refractivity contribution in [2.24, 2.45) is 4.99 Å². The smallest absolute Gasteiger partial charge is 0.253 e. The van der Waals surface area contributed by atoms with Crippen molar-refractivity contribution >= 4 is 17.5 Å². The highest BCUT2D eigenvalue weighted by Gasteiger charge is 2.43. The molecule has 142 valence electrons. The van der Waals surface area contributed by atoms with Crippen LogP contribution >= 0.6 is 0 Å². The van der Waals surface area contributed by atoms with Crippen molar-refractivity contribution in [1.29, 1.82) is 0 Å². The van der Waals surface area contributed by atoms with Crippen LogP contribution in [0.15, 0.2) is 54.2 Å². The second kappa shape index (κ2) is 7.73. The molecule has 1 atom stereocenters. The Hall–Kier alpha value is -2.96. The second-order valence-electron chi connectivity index (χ2n) is 6.45. The van der Waals surface area contributed by atoms with E-state index in [-0.39, 0.29) is 24.8 Å². The largest absolute Gasteiger partial charge is 0.482 e. The molecule has 7 heteroatoms. The monoisotopic (exact) mass is 373 g/mol. The molecule has 2 heterocycles. The lowest BCUT2D eigenvalue weighted by molar-refractivity contribution is 0.0502. The van der Waals surface area contributed by atoms with Crippen LogP contribution in [0, 0.1) is 5.82 Å². The van der Waals surface area contributed by atoms with Gasteiger partial charge in [0.15, 0.2) is 0 Å². The van der Waals surface area contributed by atoms with Gasteiger partial charge < -0.3 is 14.6 Å². The molecular formula is C20H21F2N3O2. The van der Waals surface area contributed by atoms with Crippen LogP contribution in [-0.2, 0) is 4.74 Å². The molecule has 0 radical (unpaired) electrons. The van der Waals surface area contributed by atoms with Gasteiger partial charge in [0, 0.05) is 18.3 Å². The maximum Gasteiger partial charge on any atom is 0.253 e. The first kappa shape index (κ1) is 18.8. The van der Waals surface area contributed by atoms with E-state index in [4.69, 9.17) is 4.74 Å². The van der Waals surface area contributed by atoms with Gasteiger partial charge >= 0.3 is 0 Å². The molecular weight excluding hydrogens is 352 g/mol. The van der Waals surface area contributed by atoms with Crippen molar-refractivity contribution in [1.82, 2.24) is 9.88 Å². The van der Waals surface area contributed by atoms with Crippen molar-refractivity contribution in [2.75, 3.05) is 20.2 Å². The number of hydrogen-bond donors (Lipinski definition) is 1. The lowest BCUT2D eigenvalue weighted by atomic mass is 9.93. The molecule has 0 saturated carbocycles. The first-order valence-corrected chi connectivity index (χ1v) is 8.62. The number of nitrogens with one attached hydrogen (secondary N) is 1. The number of benzene rings is 1. The van der Waals surface area contributed by atoms with Crippen molar-refractivity contribution in [3.05, 3.63) is 66.2 Å². The highest BCUT2D eigenvalue weighted by Crippen LogP contribution is 2.30. The number of aliphatic imine (C=N–C) groups is 1. The van der Waals surface area contributed by atoms with Crippen LogP contribution in [0.1, 0.15) is 28.9 Å². The van der Waals surface area contributed by atoms with Crippen LogP contribution < -0.4 is 0 Å². The molecule has 0 aliphatic carbocycles. The number of piperidine rings is 1. The maximum absolute atomic E-state index is 15.7. The van der Waals surface area contributed by atoms with Crippen LogP contribution in [-0.4, -0.2) is 47.6 Å². The topological polar surface area (TPSA) is 57.7 Å². The summed E-state index contributed by atoms with van der Waals surface area (Å²) >= 11 is 0. The third kappa shape index (κ3) is 4.07. The van der Waals surface area contributed by atoms with E-state index in [1.165, 1.54) is 36.3 Å². The number of hydrogen-bond acceptors (Lipinski definition) is 3. The zero-order valence-corrected chi connectivity index (χ0v) is 15.0. The number of carbonyl (C=O) groups excluding carboxylic acids is 1. The molecule has 2 aromatic rings. The minimum atomic E-state index is -1.92. The number of aromatic nitrogens is 1. The maximum atomic E-state index is 15.7. The van der Waals surface area contributed by atoms with Crippen LogP contribution in [0.2, 0.25) is 0 Å². The summed E-state index contributed by atoms with van der Waals surface area (Å²) in [4.78, 5) is 21.2. The van der Waals surface area contributed by atoms with Crippen LogP contribution in [0.4, 0.5) is 8.78 Å². The number of ether oxygens (including phenoxy) is 1. The van der Waals surface area contributed by atoms with E-state index in [1.807, 2.05) is 0 Å². The predicted molar refractivity (Wildman–Crippen MR) is 99.6 cm³/mol. The fourth-order valence-electron chi connectivity index (χ4n) is 3.16. The van der Waals surface area contributed by atoms with Crippen LogP contribution in [0.3, 0.4) is 0 Å². The van der Waals surface area contributed by atoms with Crippen molar-refractivity contribution in [3.8, 4) is 0 Å².